The molecule has 0 fully saturated rings. The van der Waals surface area contributed by atoms with Crippen LogP contribution in [0.15, 0.2) is 34.1 Å². The molecule has 4 aromatic heterocycles. The van der Waals surface area contributed by atoms with Gasteiger partial charge in [-0.1, -0.05) is 13.3 Å². The topological polar surface area (TPSA) is 69.6 Å². The van der Waals surface area contributed by atoms with Gasteiger partial charge in [0.1, 0.15) is 15.5 Å². The van der Waals surface area contributed by atoms with Crippen molar-refractivity contribution in [3.8, 4) is 22.0 Å². The van der Waals surface area contributed by atoms with Gasteiger partial charge in [0.15, 0.2) is 0 Å². The van der Waals surface area contributed by atoms with Crippen LogP contribution >= 0.6 is 34.4 Å². The molecule has 4 rings (SSSR count). The summed E-state index contributed by atoms with van der Waals surface area (Å²) in [6.45, 7) is 2.21. The lowest BCUT2D eigenvalue weighted by Gasteiger charge is -2.07. The van der Waals surface area contributed by atoms with Gasteiger partial charge in [-0.05, 0) is 24.3 Å². The number of aromatic nitrogens is 4. The monoisotopic (exact) mass is 401 g/mol. The number of nitrogen functional groups attached to an aromatic ring is 1. The Hall–Kier alpha value is -1.90. The predicted octanol–water partition coefficient (Wildman–Crippen LogP) is 5.29. The molecule has 2 N–H and O–H groups in total. The number of fused-ring (bicyclic) bond motifs is 1. The lowest BCUT2D eigenvalue weighted by Crippen LogP contribution is -1.96. The normalized spacial score (nSPS) is 11.5. The molecule has 0 radical (unpaired) electrons. The molecule has 0 aliphatic rings. The number of thiophene rings is 1. The van der Waals surface area contributed by atoms with Crippen LogP contribution in [0.25, 0.3) is 32.2 Å². The number of aryl methyl sites for hydroxylation is 1. The first-order chi connectivity index (χ1) is 12.7. The molecule has 0 aliphatic heterocycles. The number of anilines is 1. The van der Waals surface area contributed by atoms with Crippen LogP contribution in [-0.4, -0.2) is 25.5 Å². The maximum atomic E-state index is 6.55. The van der Waals surface area contributed by atoms with Gasteiger partial charge >= 0.3 is 0 Å². The predicted molar refractivity (Wildman–Crippen MR) is 113 cm³/mol. The first kappa shape index (κ1) is 17.5. The summed E-state index contributed by atoms with van der Waals surface area (Å²) >= 11 is 5.10. The van der Waals surface area contributed by atoms with Crippen molar-refractivity contribution >= 4 is 50.3 Å². The average molecular weight is 402 g/mol. The van der Waals surface area contributed by atoms with Gasteiger partial charge in [-0.15, -0.1) is 34.4 Å². The number of thiazole rings is 1. The molecular weight excluding hydrogens is 382 g/mol. The smallest absolute Gasteiger partial charge is 0.141 e. The summed E-state index contributed by atoms with van der Waals surface area (Å²) in [4.78, 5) is 10.3. The quantitative estimate of drug-likeness (QED) is 0.351. The van der Waals surface area contributed by atoms with E-state index in [0.717, 1.165) is 47.8 Å². The number of unbranched alkanes of at least 4 members (excludes halogenated alkanes) is 1. The van der Waals surface area contributed by atoms with E-state index < -0.39 is 0 Å². The summed E-state index contributed by atoms with van der Waals surface area (Å²) in [7, 11) is 1.95. The summed E-state index contributed by atoms with van der Waals surface area (Å²) in [6, 6.07) is 4.10. The van der Waals surface area contributed by atoms with Crippen molar-refractivity contribution in [2.75, 3.05) is 11.5 Å². The zero-order valence-corrected chi connectivity index (χ0v) is 17.0. The van der Waals surface area contributed by atoms with Crippen molar-refractivity contribution in [3.05, 3.63) is 29.9 Å². The Balaban J connectivity index is 1.92. The average Bonchev–Trinajstić information content (AvgIpc) is 3.36. The van der Waals surface area contributed by atoms with E-state index in [1.165, 1.54) is 12.8 Å². The number of nitrogens with two attached hydrogens (primary N) is 1. The standard InChI is InChI=1S/C18H19N5S3/c1-3-4-8-25-18-15(19)14-11(13-5-6-21-23(13)2)10-12(22-17(14)26-18)16-20-7-9-24-16/h5-7,9-10H,3-4,8,19H2,1-2H3. The minimum absolute atomic E-state index is 0.834. The van der Waals surface area contributed by atoms with E-state index in [9.17, 15) is 0 Å². The van der Waals surface area contributed by atoms with E-state index in [1.54, 1.807) is 22.7 Å². The van der Waals surface area contributed by atoms with Gasteiger partial charge in [-0.25, -0.2) is 9.97 Å². The third-order valence-corrected chi connectivity index (χ3v) is 7.41. The fourth-order valence-electron chi connectivity index (χ4n) is 2.82. The van der Waals surface area contributed by atoms with Gasteiger partial charge in [-0.2, -0.15) is 5.10 Å². The molecule has 8 heteroatoms. The molecule has 0 saturated carbocycles. The van der Waals surface area contributed by atoms with E-state index in [1.807, 2.05) is 47.3 Å². The molecule has 0 atom stereocenters. The third kappa shape index (κ3) is 3.13. The molecule has 0 bridgehead atoms. The van der Waals surface area contributed by atoms with Crippen LogP contribution in [0.3, 0.4) is 0 Å². The van der Waals surface area contributed by atoms with Crippen LogP contribution in [0, 0.1) is 0 Å². The Bertz CT molecular complexity index is 1030. The Kier molecular flexibility index (Phi) is 4.97. The minimum Gasteiger partial charge on any atom is -0.397 e. The Morgan fingerprint density at radius 2 is 2.19 bits per heavy atom. The number of nitrogens with zero attached hydrogens (tertiary/aromatic N) is 4. The van der Waals surface area contributed by atoms with E-state index in [0.29, 0.717) is 0 Å². The van der Waals surface area contributed by atoms with E-state index in [4.69, 9.17) is 10.7 Å². The molecule has 4 aromatic rings. The number of hydrogen-bond acceptors (Lipinski definition) is 7. The summed E-state index contributed by atoms with van der Waals surface area (Å²) < 4.78 is 3.03. The van der Waals surface area contributed by atoms with Crippen molar-refractivity contribution in [2.45, 2.75) is 24.0 Å². The Labute approximate surface area is 164 Å². The molecule has 26 heavy (non-hydrogen) atoms. The van der Waals surface area contributed by atoms with E-state index in [2.05, 4.69) is 23.1 Å². The third-order valence-electron chi connectivity index (χ3n) is 4.14. The lowest BCUT2D eigenvalue weighted by atomic mass is 10.1. The van der Waals surface area contributed by atoms with Crippen molar-refractivity contribution < 1.29 is 0 Å². The summed E-state index contributed by atoms with van der Waals surface area (Å²) in [5.74, 6) is 1.08. The zero-order chi connectivity index (χ0) is 18.1. The number of hydrogen-bond donors (Lipinski definition) is 1. The fourth-order valence-corrected chi connectivity index (χ4v) is 5.87. The number of rotatable bonds is 6. The second kappa shape index (κ2) is 7.38. The molecule has 0 saturated heterocycles. The maximum absolute atomic E-state index is 6.55. The first-order valence-electron chi connectivity index (χ1n) is 8.43. The molecule has 5 nitrogen and oxygen atoms in total. The number of thioether (sulfide) groups is 1. The highest BCUT2D eigenvalue weighted by Crippen LogP contribution is 2.45. The van der Waals surface area contributed by atoms with Crippen molar-refractivity contribution in [2.24, 2.45) is 7.05 Å². The van der Waals surface area contributed by atoms with E-state index in [-0.39, 0.29) is 0 Å². The Morgan fingerprint density at radius 1 is 1.31 bits per heavy atom. The van der Waals surface area contributed by atoms with Gasteiger partial charge < -0.3 is 5.73 Å². The maximum Gasteiger partial charge on any atom is 0.141 e. The highest BCUT2D eigenvalue weighted by molar-refractivity contribution is 8.01. The molecule has 4 heterocycles. The highest BCUT2D eigenvalue weighted by atomic mass is 32.2. The van der Waals surface area contributed by atoms with Gasteiger partial charge in [-0.3, -0.25) is 4.68 Å². The summed E-state index contributed by atoms with van der Waals surface area (Å²) in [5, 5.41) is 8.25. The van der Waals surface area contributed by atoms with Crippen LogP contribution in [-0.2, 0) is 7.05 Å². The van der Waals surface area contributed by atoms with Crippen molar-refractivity contribution in [1.82, 2.24) is 19.7 Å². The molecular formula is C18H19N5S3. The van der Waals surface area contributed by atoms with Crippen LogP contribution < -0.4 is 5.73 Å². The SMILES string of the molecule is CCCCSc1sc2nc(-c3nccs3)cc(-c3ccnn3C)c2c1N. The van der Waals surface area contributed by atoms with Gasteiger partial charge in [0, 0.05) is 35.8 Å². The van der Waals surface area contributed by atoms with Crippen LogP contribution in [0.4, 0.5) is 5.69 Å². The van der Waals surface area contributed by atoms with Crippen molar-refractivity contribution in [3.63, 3.8) is 0 Å². The molecule has 0 amide bonds. The second-order valence-electron chi connectivity index (χ2n) is 5.92. The van der Waals surface area contributed by atoms with Gasteiger partial charge in [0.2, 0.25) is 0 Å². The largest absolute Gasteiger partial charge is 0.397 e. The van der Waals surface area contributed by atoms with Gasteiger partial charge in [0.25, 0.3) is 0 Å². The zero-order valence-electron chi connectivity index (χ0n) is 14.6. The summed E-state index contributed by atoms with van der Waals surface area (Å²) in [6.07, 6.45) is 5.99. The molecule has 134 valence electrons. The molecule has 0 aliphatic carbocycles. The Morgan fingerprint density at radius 3 is 2.88 bits per heavy atom. The number of pyridine rings is 1. The highest BCUT2D eigenvalue weighted by Gasteiger charge is 2.20. The fraction of sp³-hybridized carbons (Fsp3) is 0.278. The molecule has 0 aromatic carbocycles. The summed E-state index contributed by atoms with van der Waals surface area (Å²) in [5.41, 5.74) is 10.4. The van der Waals surface area contributed by atoms with Crippen LogP contribution in [0.5, 0.6) is 0 Å². The lowest BCUT2D eigenvalue weighted by molar-refractivity contribution is 0.776. The molecule has 0 unspecified atom stereocenters. The molecule has 0 spiro atoms. The van der Waals surface area contributed by atoms with Crippen molar-refractivity contribution in [1.29, 1.82) is 0 Å². The van der Waals surface area contributed by atoms with Crippen LogP contribution in [0.1, 0.15) is 19.8 Å². The second-order valence-corrected chi connectivity index (χ2v) is 9.17. The van der Waals surface area contributed by atoms with Gasteiger partial charge in [0.05, 0.1) is 15.6 Å². The first-order valence-corrected chi connectivity index (χ1v) is 11.1. The van der Waals surface area contributed by atoms with Crippen LogP contribution in [0.2, 0.25) is 0 Å². The minimum atomic E-state index is 0.834. The van der Waals surface area contributed by atoms with E-state index >= 15 is 0 Å².